The van der Waals surface area contributed by atoms with Gasteiger partial charge in [-0.25, -0.2) is 13.4 Å². The number of aromatic nitrogens is 1. The Hall–Kier alpha value is -2.48. The Morgan fingerprint density at radius 2 is 1.62 bits per heavy atom. The first-order chi connectivity index (χ1) is 18.4. The summed E-state index contributed by atoms with van der Waals surface area (Å²) in [5.41, 5.74) is 1.14. The molecule has 0 N–H and O–H groups in total. The van der Waals surface area contributed by atoms with Crippen molar-refractivity contribution < 1.29 is 27.4 Å². The summed E-state index contributed by atoms with van der Waals surface area (Å²) in [7, 11) is -3.64. The normalized spacial score (nSPS) is 15.8. The summed E-state index contributed by atoms with van der Waals surface area (Å²) in [5.74, 6) is 1.10. The molecule has 0 unspecified atom stereocenters. The van der Waals surface area contributed by atoms with E-state index in [9.17, 15) is 13.2 Å². The highest BCUT2D eigenvalue weighted by atomic mass is 35.5. The van der Waals surface area contributed by atoms with Crippen LogP contribution in [0.4, 0.5) is 5.13 Å². The third kappa shape index (κ3) is 6.31. The average Bonchev–Trinajstić information content (AvgIpc) is 3.36. The van der Waals surface area contributed by atoms with Crippen LogP contribution in [0.25, 0.3) is 10.2 Å². The van der Waals surface area contributed by atoms with Gasteiger partial charge < -0.3 is 19.1 Å². The maximum Gasteiger partial charge on any atom is 0.260 e. The summed E-state index contributed by atoms with van der Waals surface area (Å²) in [6.07, 6.45) is 0. The number of sulfonamides is 1. The molecule has 1 aromatic heterocycles. The maximum atomic E-state index is 13.8. The van der Waals surface area contributed by atoms with Gasteiger partial charge in [-0.15, -0.1) is 12.4 Å². The third-order valence-corrected chi connectivity index (χ3v) is 9.71. The number of nitrogens with zero attached hydrogens (tertiary/aromatic N) is 4. The highest BCUT2D eigenvalue weighted by Gasteiger charge is 2.28. The van der Waals surface area contributed by atoms with Crippen molar-refractivity contribution in [2.75, 3.05) is 70.6 Å². The van der Waals surface area contributed by atoms with Crippen LogP contribution in [0.1, 0.15) is 24.2 Å². The number of fused-ring (bicyclic) bond motifs is 2. The van der Waals surface area contributed by atoms with E-state index in [0.29, 0.717) is 74.8 Å². The average molecular weight is 597 g/mol. The molecule has 0 bridgehead atoms. The number of halogens is 1. The standard InChI is InChI=1S/C26H32N4O6S2.ClH/c1-3-28(4-2)9-10-30(26-27-21-17-22-23(18-24(21)37-26)36-16-15-35-22)25(31)19-5-7-20(8-6-19)38(32,33)29-11-13-34-14-12-29;/h5-8,17-18H,3-4,9-16H2,1-2H3;1H. The molecule has 2 aliphatic heterocycles. The van der Waals surface area contributed by atoms with Gasteiger partial charge in [-0.1, -0.05) is 25.2 Å². The van der Waals surface area contributed by atoms with Gasteiger partial charge in [-0.05, 0) is 37.4 Å². The second-order valence-electron chi connectivity index (χ2n) is 8.98. The molecule has 0 atom stereocenters. The van der Waals surface area contributed by atoms with Gasteiger partial charge in [0.2, 0.25) is 10.0 Å². The van der Waals surface area contributed by atoms with Crippen LogP contribution in [-0.4, -0.2) is 94.2 Å². The number of hydrogen-bond acceptors (Lipinski definition) is 9. The largest absolute Gasteiger partial charge is 0.486 e. The predicted octanol–water partition coefficient (Wildman–Crippen LogP) is 3.50. The van der Waals surface area contributed by atoms with E-state index in [1.54, 1.807) is 17.0 Å². The Labute approximate surface area is 238 Å². The maximum absolute atomic E-state index is 13.8. The zero-order valence-electron chi connectivity index (χ0n) is 22.0. The minimum atomic E-state index is -3.64. The van der Waals surface area contributed by atoms with Gasteiger partial charge >= 0.3 is 0 Å². The van der Waals surface area contributed by atoms with Gasteiger partial charge in [-0.3, -0.25) is 9.69 Å². The van der Waals surface area contributed by atoms with Crippen LogP contribution < -0.4 is 14.4 Å². The summed E-state index contributed by atoms with van der Waals surface area (Å²) < 4.78 is 45.0. The van der Waals surface area contributed by atoms with Crippen LogP contribution in [0, 0.1) is 0 Å². The van der Waals surface area contributed by atoms with E-state index in [0.717, 1.165) is 23.3 Å². The van der Waals surface area contributed by atoms with Crippen LogP contribution >= 0.6 is 23.7 Å². The van der Waals surface area contributed by atoms with Crippen molar-refractivity contribution >= 4 is 55.0 Å². The lowest BCUT2D eigenvalue weighted by Gasteiger charge is -2.26. The predicted molar refractivity (Wildman–Crippen MR) is 153 cm³/mol. The van der Waals surface area contributed by atoms with E-state index in [4.69, 9.17) is 19.2 Å². The molecule has 1 fully saturated rings. The molecule has 0 aliphatic carbocycles. The van der Waals surface area contributed by atoms with Gasteiger partial charge in [0.15, 0.2) is 16.6 Å². The van der Waals surface area contributed by atoms with Crippen molar-refractivity contribution in [2.45, 2.75) is 18.7 Å². The van der Waals surface area contributed by atoms with E-state index in [1.165, 1.54) is 27.8 Å². The fourth-order valence-corrected chi connectivity index (χ4v) is 6.90. The molecule has 39 heavy (non-hydrogen) atoms. The molecular formula is C26H33ClN4O6S2. The van der Waals surface area contributed by atoms with Crippen molar-refractivity contribution in [3.8, 4) is 11.5 Å². The van der Waals surface area contributed by atoms with E-state index < -0.39 is 10.0 Å². The number of carbonyl (C=O) groups is 1. The quantitative estimate of drug-likeness (QED) is 0.370. The number of anilines is 1. The smallest absolute Gasteiger partial charge is 0.260 e. The molecule has 2 aliphatic rings. The first-order valence-electron chi connectivity index (χ1n) is 12.8. The molecule has 2 aromatic carbocycles. The molecule has 0 spiro atoms. The Kier molecular flexibility index (Phi) is 9.68. The van der Waals surface area contributed by atoms with Gasteiger partial charge in [0.25, 0.3) is 5.91 Å². The number of morpholine rings is 1. The van der Waals surface area contributed by atoms with Crippen LogP contribution in [0.5, 0.6) is 11.5 Å². The zero-order chi connectivity index (χ0) is 26.7. The Balaban J connectivity index is 0.00000353. The number of carbonyl (C=O) groups excluding carboxylic acids is 1. The van der Waals surface area contributed by atoms with E-state index >= 15 is 0 Å². The number of amides is 1. The minimum Gasteiger partial charge on any atom is -0.486 e. The lowest BCUT2D eigenvalue weighted by atomic mass is 10.2. The highest BCUT2D eigenvalue weighted by molar-refractivity contribution is 7.89. The Bertz CT molecular complexity index is 1350. The number of ether oxygens (including phenoxy) is 3. The molecular weight excluding hydrogens is 564 g/mol. The highest BCUT2D eigenvalue weighted by Crippen LogP contribution is 2.39. The van der Waals surface area contributed by atoms with Crippen molar-refractivity contribution in [1.29, 1.82) is 0 Å². The third-order valence-electron chi connectivity index (χ3n) is 6.76. The molecule has 1 saturated heterocycles. The second kappa shape index (κ2) is 12.8. The van der Waals surface area contributed by atoms with Gasteiger partial charge in [0, 0.05) is 43.9 Å². The molecule has 0 saturated carbocycles. The topological polar surface area (TPSA) is 102 Å². The van der Waals surface area contributed by atoms with Gasteiger partial charge in [0.05, 0.1) is 28.3 Å². The monoisotopic (exact) mass is 596 g/mol. The van der Waals surface area contributed by atoms with Gasteiger partial charge in [-0.2, -0.15) is 4.31 Å². The first kappa shape index (κ1) is 29.5. The molecule has 212 valence electrons. The van der Waals surface area contributed by atoms with Crippen LogP contribution in [0.3, 0.4) is 0 Å². The van der Waals surface area contributed by atoms with Crippen LogP contribution in [0.15, 0.2) is 41.3 Å². The van der Waals surface area contributed by atoms with Crippen molar-refractivity contribution in [1.82, 2.24) is 14.2 Å². The number of benzene rings is 2. The number of hydrogen-bond donors (Lipinski definition) is 0. The van der Waals surface area contributed by atoms with Crippen molar-refractivity contribution in [3.63, 3.8) is 0 Å². The molecule has 10 nitrogen and oxygen atoms in total. The van der Waals surface area contributed by atoms with Crippen LogP contribution in [0.2, 0.25) is 0 Å². The molecule has 1 amide bonds. The van der Waals surface area contributed by atoms with Crippen LogP contribution in [-0.2, 0) is 14.8 Å². The number of thiazole rings is 1. The molecule has 3 heterocycles. The SMILES string of the molecule is CCN(CC)CCN(C(=O)c1ccc(S(=O)(=O)N2CCOCC2)cc1)c1nc2cc3c(cc2s1)OCCO3.Cl. The Morgan fingerprint density at radius 3 is 2.26 bits per heavy atom. The van der Waals surface area contributed by atoms with Gasteiger partial charge in [0.1, 0.15) is 13.2 Å². The fourth-order valence-electron chi connectivity index (χ4n) is 4.49. The summed E-state index contributed by atoms with van der Waals surface area (Å²) in [6.45, 7) is 9.41. The van der Waals surface area contributed by atoms with Crippen molar-refractivity contribution in [2.24, 2.45) is 0 Å². The fraction of sp³-hybridized carbons (Fsp3) is 0.462. The molecule has 5 rings (SSSR count). The zero-order valence-corrected chi connectivity index (χ0v) is 24.4. The first-order valence-corrected chi connectivity index (χ1v) is 15.1. The van der Waals surface area contributed by atoms with E-state index in [1.807, 2.05) is 12.1 Å². The molecule has 13 heteroatoms. The molecule has 3 aromatic rings. The summed E-state index contributed by atoms with van der Waals surface area (Å²) >= 11 is 1.42. The lowest BCUT2D eigenvalue weighted by Crippen LogP contribution is -2.40. The van der Waals surface area contributed by atoms with E-state index in [-0.39, 0.29) is 23.2 Å². The summed E-state index contributed by atoms with van der Waals surface area (Å²) in [4.78, 5) is 22.6. The van der Waals surface area contributed by atoms with E-state index in [2.05, 4.69) is 18.7 Å². The molecule has 0 radical (unpaired) electrons. The lowest BCUT2D eigenvalue weighted by molar-refractivity contribution is 0.0730. The summed E-state index contributed by atoms with van der Waals surface area (Å²) in [6, 6.07) is 9.91. The number of likely N-dealkylation sites (N-methyl/N-ethyl adjacent to an activating group) is 1. The van der Waals surface area contributed by atoms with Crippen molar-refractivity contribution in [3.05, 3.63) is 42.0 Å². The summed E-state index contributed by atoms with van der Waals surface area (Å²) in [5, 5.41) is 0.574. The number of rotatable bonds is 9. The Morgan fingerprint density at radius 1 is 0.974 bits per heavy atom. The minimum absolute atomic E-state index is 0. The second-order valence-corrected chi connectivity index (χ2v) is 11.9.